The van der Waals surface area contributed by atoms with Gasteiger partial charge in [0.15, 0.2) is 0 Å². The second kappa shape index (κ2) is 4.13. The van der Waals surface area contributed by atoms with E-state index in [4.69, 9.17) is 10.5 Å². The molecule has 1 aromatic heterocycles. The Hall–Kier alpha value is -1.23. The Kier molecular flexibility index (Phi) is 3.13. The molecule has 3 N–H and O–H groups in total. The first-order chi connectivity index (χ1) is 6.19. The Morgan fingerprint density at radius 2 is 2.46 bits per heavy atom. The Bertz CT molecular complexity index is 309. The maximum atomic E-state index is 11.3. The number of hydrogen-bond donors (Lipinski definition) is 2. The van der Waals surface area contributed by atoms with Crippen molar-refractivity contribution >= 4 is 28.0 Å². The highest BCUT2D eigenvalue weighted by Crippen LogP contribution is 2.29. The summed E-state index contributed by atoms with van der Waals surface area (Å²) >= 11 is 1.30. The molecule has 0 bridgehead atoms. The van der Waals surface area contributed by atoms with Crippen LogP contribution in [-0.4, -0.2) is 19.6 Å². The van der Waals surface area contributed by atoms with Crippen molar-refractivity contribution in [1.29, 1.82) is 0 Å². The first kappa shape index (κ1) is 9.85. The fraction of sp³-hybridized carbons (Fsp3) is 0.375. The molecule has 0 radical (unpaired) electrons. The fourth-order valence-electron chi connectivity index (χ4n) is 0.884. The molecule has 0 saturated heterocycles. The predicted molar refractivity (Wildman–Crippen MR) is 54.2 cm³/mol. The topological polar surface area (TPSA) is 64.3 Å². The van der Waals surface area contributed by atoms with E-state index in [1.54, 1.807) is 20.0 Å². The van der Waals surface area contributed by atoms with Crippen molar-refractivity contribution in [2.75, 3.05) is 24.7 Å². The summed E-state index contributed by atoms with van der Waals surface area (Å²) in [7, 11) is 1.78. The molecule has 0 aliphatic heterocycles. The molecule has 0 aliphatic carbocycles. The van der Waals surface area contributed by atoms with Gasteiger partial charge in [-0.05, 0) is 13.0 Å². The van der Waals surface area contributed by atoms with Gasteiger partial charge in [-0.25, -0.2) is 4.79 Å². The number of rotatable bonds is 3. The number of carbonyl (C=O) groups excluding carboxylic acids is 1. The van der Waals surface area contributed by atoms with Gasteiger partial charge in [-0.1, -0.05) is 0 Å². The van der Waals surface area contributed by atoms with E-state index in [0.29, 0.717) is 17.2 Å². The number of ether oxygens (including phenoxy) is 1. The third kappa shape index (κ3) is 2.12. The van der Waals surface area contributed by atoms with Crippen molar-refractivity contribution in [2.24, 2.45) is 0 Å². The monoisotopic (exact) mass is 200 g/mol. The summed E-state index contributed by atoms with van der Waals surface area (Å²) in [6.45, 7) is 2.13. The summed E-state index contributed by atoms with van der Waals surface area (Å²) in [5, 5.41) is 3.78. The van der Waals surface area contributed by atoms with Crippen molar-refractivity contribution in [1.82, 2.24) is 0 Å². The van der Waals surface area contributed by atoms with Crippen molar-refractivity contribution in [2.45, 2.75) is 6.92 Å². The zero-order chi connectivity index (χ0) is 9.84. The van der Waals surface area contributed by atoms with E-state index in [9.17, 15) is 4.79 Å². The van der Waals surface area contributed by atoms with Crippen molar-refractivity contribution in [3.63, 3.8) is 0 Å². The molecule has 0 fully saturated rings. The van der Waals surface area contributed by atoms with E-state index in [1.807, 2.05) is 0 Å². The van der Waals surface area contributed by atoms with E-state index in [2.05, 4.69) is 5.32 Å². The molecular formula is C8H12N2O2S. The van der Waals surface area contributed by atoms with Crippen LogP contribution in [0.5, 0.6) is 0 Å². The molecule has 0 aromatic carbocycles. The molecule has 0 aliphatic rings. The van der Waals surface area contributed by atoms with Gasteiger partial charge in [-0.15, -0.1) is 11.3 Å². The number of nitrogens with one attached hydrogen (secondary N) is 1. The fourth-order valence-corrected chi connectivity index (χ4v) is 1.71. The van der Waals surface area contributed by atoms with Gasteiger partial charge < -0.3 is 15.8 Å². The van der Waals surface area contributed by atoms with Crippen LogP contribution in [-0.2, 0) is 4.74 Å². The summed E-state index contributed by atoms with van der Waals surface area (Å²) in [6, 6.07) is 1.72. The number of nitrogen functional groups attached to an aromatic ring is 1. The lowest BCUT2D eigenvalue weighted by Crippen LogP contribution is -2.04. The Balaban J connectivity index is 2.87. The van der Waals surface area contributed by atoms with Gasteiger partial charge in [0.05, 0.1) is 17.3 Å². The molecule has 4 nitrogen and oxygen atoms in total. The number of anilines is 2. The molecule has 13 heavy (non-hydrogen) atoms. The third-order valence-corrected chi connectivity index (χ3v) is 2.62. The molecule has 0 atom stereocenters. The van der Waals surface area contributed by atoms with Crippen LogP contribution >= 0.6 is 11.3 Å². The SMILES string of the molecule is CCOC(=O)c1sc(NC)cc1N. The summed E-state index contributed by atoms with van der Waals surface area (Å²) < 4.78 is 4.83. The first-order valence-corrected chi connectivity index (χ1v) is 4.74. The standard InChI is InChI=1S/C8H12N2O2S/c1-3-12-8(11)7-5(9)4-6(10-2)13-7/h4,10H,3,9H2,1-2H3. The number of carbonyl (C=O) groups is 1. The lowest BCUT2D eigenvalue weighted by Gasteiger charge is -1.98. The Morgan fingerprint density at radius 3 is 2.92 bits per heavy atom. The van der Waals surface area contributed by atoms with Crippen molar-refractivity contribution < 1.29 is 9.53 Å². The van der Waals surface area contributed by atoms with E-state index in [-0.39, 0.29) is 5.97 Å². The van der Waals surface area contributed by atoms with Crippen molar-refractivity contribution in [3.8, 4) is 0 Å². The normalized spacial score (nSPS) is 9.69. The smallest absolute Gasteiger partial charge is 0.350 e. The molecule has 0 spiro atoms. The van der Waals surface area contributed by atoms with Gasteiger partial charge in [0, 0.05) is 7.05 Å². The quantitative estimate of drug-likeness (QED) is 0.726. The summed E-state index contributed by atoms with van der Waals surface area (Å²) in [5.41, 5.74) is 6.08. The van der Waals surface area contributed by atoms with Gasteiger partial charge in [0.2, 0.25) is 0 Å². The molecule has 0 unspecified atom stereocenters. The minimum atomic E-state index is -0.355. The highest BCUT2D eigenvalue weighted by atomic mass is 32.1. The molecule has 0 amide bonds. The second-order valence-corrected chi connectivity index (χ2v) is 3.42. The van der Waals surface area contributed by atoms with E-state index < -0.39 is 0 Å². The highest BCUT2D eigenvalue weighted by molar-refractivity contribution is 7.18. The predicted octanol–water partition coefficient (Wildman–Crippen LogP) is 1.55. The van der Waals surface area contributed by atoms with Gasteiger partial charge in [0.1, 0.15) is 4.88 Å². The molecule has 72 valence electrons. The second-order valence-electron chi connectivity index (χ2n) is 2.37. The van der Waals surface area contributed by atoms with Crippen LogP contribution in [0.15, 0.2) is 6.07 Å². The maximum absolute atomic E-state index is 11.3. The number of hydrogen-bond acceptors (Lipinski definition) is 5. The third-order valence-electron chi connectivity index (χ3n) is 1.47. The van der Waals surface area contributed by atoms with Gasteiger partial charge >= 0.3 is 5.97 Å². The molecule has 5 heteroatoms. The largest absolute Gasteiger partial charge is 0.462 e. The number of esters is 1. The summed E-state index contributed by atoms with van der Waals surface area (Å²) in [5.74, 6) is -0.355. The molecule has 0 saturated carbocycles. The summed E-state index contributed by atoms with van der Waals surface area (Å²) in [6.07, 6.45) is 0. The average Bonchev–Trinajstić information content (AvgIpc) is 2.47. The number of thiophene rings is 1. The van der Waals surface area contributed by atoms with E-state index in [0.717, 1.165) is 5.00 Å². The van der Waals surface area contributed by atoms with Crippen molar-refractivity contribution in [3.05, 3.63) is 10.9 Å². The Morgan fingerprint density at radius 1 is 1.77 bits per heavy atom. The number of nitrogens with two attached hydrogens (primary N) is 1. The van der Waals surface area contributed by atoms with E-state index in [1.165, 1.54) is 11.3 Å². The molecule has 1 heterocycles. The van der Waals surface area contributed by atoms with Crippen LogP contribution in [0.25, 0.3) is 0 Å². The highest BCUT2D eigenvalue weighted by Gasteiger charge is 2.14. The van der Waals surface area contributed by atoms with E-state index >= 15 is 0 Å². The van der Waals surface area contributed by atoms with Gasteiger partial charge in [-0.3, -0.25) is 0 Å². The van der Waals surface area contributed by atoms with Crippen LogP contribution in [0.4, 0.5) is 10.7 Å². The first-order valence-electron chi connectivity index (χ1n) is 3.93. The Labute approximate surface area is 80.7 Å². The average molecular weight is 200 g/mol. The maximum Gasteiger partial charge on any atom is 0.350 e. The minimum absolute atomic E-state index is 0.355. The van der Waals surface area contributed by atoms with Gasteiger partial charge in [-0.2, -0.15) is 0 Å². The van der Waals surface area contributed by atoms with Crippen LogP contribution < -0.4 is 11.1 Å². The summed E-state index contributed by atoms with van der Waals surface area (Å²) in [4.78, 5) is 11.7. The minimum Gasteiger partial charge on any atom is -0.462 e. The zero-order valence-electron chi connectivity index (χ0n) is 7.59. The molecule has 1 rings (SSSR count). The van der Waals surface area contributed by atoms with Gasteiger partial charge in [0.25, 0.3) is 0 Å². The van der Waals surface area contributed by atoms with Crippen LogP contribution in [0.3, 0.4) is 0 Å². The van der Waals surface area contributed by atoms with Crippen LogP contribution in [0.1, 0.15) is 16.6 Å². The van der Waals surface area contributed by atoms with Crippen LogP contribution in [0, 0.1) is 0 Å². The zero-order valence-corrected chi connectivity index (χ0v) is 8.40. The van der Waals surface area contributed by atoms with Crippen LogP contribution in [0.2, 0.25) is 0 Å². The lowest BCUT2D eigenvalue weighted by atomic mass is 10.4. The molecule has 1 aromatic rings. The molecular weight excluding hydrogens is 188 g/mol. The lowest BCUT2D eigenvalue weighted by molar-refractivity contribution is 0.0533.